The molecule has 0 radical (unpaired) electrons. The first kappa shape index (κ1) is 24.7. The van der Waals surface area contributed by atoms with E-state index in [4.69, 9.17) is 42.8 Å². The number of thiophene rings is 1. The van der Waals surface area contributed by atoms with Gasteiger partial charge in [-0.25, -0.2) is 9.59 Å². The lowest BCUT2D eigenvalue weighted by atomic mass is 10.1. The number of ether oxygens (including phenoxy) is 4. The van der Waals surface area contributed by atoms with Gasteiger partial charge in [-0.05, 0) is 44.6 Å². The molecule has 1 heterocycles. The van der Waals surface area contributed by atoms with Gasteiger partial charge in [0.25, 0.3) is 0 Å². The van der Waals surface area contributed by atoms with Gasteiger partial charge in [0, 0.05) is 6.07 Å². The third kappa shape index (κ3) is 5.78. The molecule has 0 unspecified atom stereocenters. The molecule has 0 aliphatic rings. The Balaban J connectivity index is 2.36. The molecule has 1 aromatic heterocycles. The Morgan fingerprint density at radius 3 is 2.23 bits per heavy atom. The molecule has 0 bridgehead atoms. The summed E-state index contributed by atoms with van der Waals surface area (Å²) in [5.41, 5.74) is 1.17. The zero-order chi connectivity index (χ0) is 23.1. The van der Waals surface area contributed by atoms with E-state index in [2.05, 4.69) is 10.6 Å². The molecule has 31 heavy (non-hydrogen) atoms. The van der Waals surface area contributed by atoms with E-state index in [1.807, 2.05) is 0 Å². The van der Waals surface area contributed by atoms with Gasteiger partial charge in [0.05, 0.1) is 43.7 Å². The number of hydrogen-bond donors (Lipinski definition) is 2. The predicted octanol–water partition coefficient (Wildman–Crippen LogP) is 4.89. The van der Waals surface area contributed by atoms with Gasteiger partial charge in [0.15, 0.2) is 5.11 Å². The van der Waals surface area contributed by atoms with E-state index in [0.717, 1.165) is 11.3 Å². The summed E-state index contributed by atoms with van der Waals surface area (Å²) in [7, 11) is 2.99. The number of esters is 2. The maximum Gasteiger partial charge on any atom is 0.348 e. The van der Waals surface area contributed by atoms with Crippen LogP contribution in [-0.2, 0) is 9.47 Å². The molecular formula is C20H23ClN2O6S2. The van der Waals surface area contributed by atoms with Crippen molar-refractivity contribution in [1.82, 2.24) is 0 Å². The lowest BCUT2D eigenvalue weighted by Gasteiger charge is -2.15. The van der Waals surface area contributed by atoms with E-state index >= 15 is 0 Å². The predicted molar refractivity (Wildman–Crippen MR) is 125 cm³/mol. The van der Waals surface area contributed by atoms with Crippen molar-refractivity contribution in [3.05, 3.63) is 33.2 Å². The third-order valence-corrected chi connectivity index (χ3v) is 5.72. The van der Waals surface area contributed by atoms with Gasteiger partial charge in [-0.3, -0.25) is 0 Å². The van der Waals surface area contributed by atoms with Crippen molar-refractivity contribution in [2.24, 2.45) is 0 Å². The van der Waals surface area contributed by atoms with Gasteiger partial charge in [-0.15, -0.1) is 11.3 Å². The first-order valence-corrected chi connectivity index (χ1v) is 10.8. The molecule has 0 saturated carbocycles. The lowest BCUT2D eigenvalue weighted by molar-refractivity contribution is 0.0527. The zero-order valence-electron chi connectivity index (χ0n) is 17.7. The number of hydrogen-bond acceptors (Lipinski definition) is 8. The second kappa shape index (κ2) is 11.2. The molecule has 2 N–H and O–H groups in total. The minimum atomic E-state index is -0.567. The van der Waals surface area contributed by atoms with E-state index in [-0.39, 0.29) is 23.9 Å². The Hall–Kier alpha value is -2.56. The zero-order valence-corrected chi connectivity index (χ0v) is 20.1. The molecule has 0 amide bonds. The molecule has 2 rings (SSSR count). The van der Waals surface area contributed by atoms with E-state index in [9.17, 15) is 9.59 Å². The number of thiocarbonyl (C=S) groups is 1. The molecule has 0 aliphatic carbocycles. The Morgan fingerprint density at radius 2 is 1.65 bits per heavy atom. The van der Waals surface area contributed by atoms with Crippen LogP contribution < -0.4 is 20.1 Å². The summed E-state index contributed by atoms with van der Waals surface area (Å²) in [6.07, 6.45) is 0. The molecule has 0 saturated heterocycles. The number of carbonyl (C=O) groups excluding carboxylic acids is 2. The van der Waals surface area contributed by atoms with Gasteiger partial charge in [-0.1, -0.05) is 11.6 Å². The number of nitrogens with one attached hydrogen (secondary N) is 2. The fourth-order valence-corrected chi connectivity index (χ4v) is 4.27. The van der Waals surface area contributed by atoms with Crippen LogP contribution in [-0.4, -0.2) is 44.5 Å². The summed E-state index contributed by atoms with van der Waals surface area (Å²) in [6, 6.07) is 3.22. The fraction of sp³-hybridized carbons (Fsp3) is 0.350. The van der Waals surface area contributed by atoms with Crippen molar-refractivity contribution in [3.63, 3.8) is 0 Å². The smallest absolute Gasteiger partial charge is 0.348 e. The van der Waals surface area contributed by atoms with Gasteiger partial charge in [-0.2, -0.15) is 0 Å². The van der Waals surface area contributed by atoms with Crippen LogP contribution in [0.25, 0.3) is 0 Å². The SMILES string of the molecule is CCOC(=O)c1sc(NC(=S)Nc2cc(Cl)c(OC)cc2OC)c(C(=O)OCC)c1C. The minimum Gasteiger partial charge on any atom is -0.495 e. The maximum absolute atomic E-state index is 12.5. The van der Waals surface area contributed by atoms with Crippen molar-refractivity contribution < 1.29 is 28.5 Å². The summed E-state index contributed by atoms with van der Waals surface area (Å²) in [6.45, 7) is 5.46. The van der Waals surface area contributed by atoms with E-state index in [1.165, 1.54) is 14.2 Å². The highest BCUT2D eigenvalue weighted by atomic mass is 35.5. The molecule has 0 atom stereocenters. The fourth-order valence-electron chi connectivity index (χ4n) is 2.66. The number of rotatable bonds is 8. The lowest BCUT2D eigenvalue weighted by Crippen LogP contribution is -2.20. The molecule has 1 aromatic carbocycles. The average Bonchev–Trinajstić information content (AvgIpc) is 3.04. The molecule has 168 valence electrons. The van der Waals surface area contributed by atoms with Crippen LogP contribution in [0.5, 0.6) is 11.5 Å². The first-order valence-electron chi connectivity index (χ1n) is 9.24. The van der Waals surface area contributed by atoms with Crippen LogP contribution in [0.3, 0.4) is 0 Å². The molecule has 8 nitrogen and oxygen atoms in total. The van der Waals surface area contributed by atoms with Crippen molar-refractivity contribution in [1.29, 1.82) is 0 Å². The largest absolute Gasteiger partial charge is 0.495 e. The number of halogens is 1. The number of anilines is 2. The Bertz CT molecular complexity index is 993. The Morgan fingerprint density at radius 1 is 1.03 bits per heavy atom. The highest BCUT2D eigenvalue weighted by Crippen LogP contribution is 2.37. The molecule has 2 aromatic rings. The second-order valence-corrected chi connectivity index (χ2v) is 7.80. The number of carbonyl (C=O) groups is 2. The monoisotopic (exact) mass is 486 g/mol. The Labute approximate surface area is 194 Å². The van der Waals surface area contributed by atoms with Gasteiger partial charge in [0.2, 0.25) is 0 Å². The summed E-state index contributed by atoms with van der Waals surface area (Å²) in [5.74, 6) is -0.195. The number of methoxy groups -OCH3 is 2. The molecular weight excluding hydrogens is 464 g/mol. The van der Waals surface area contributed by atoms with Crippen LogP contribution >= 0.6 is 35.2 Å². The van der Waals surface area contributed by atoms with Crippen LogP contribution in [0, 0.1) is 6.92 Å². The quantitative estimate of drug-likeness (QED) is 0.399. The van der Waals surface area contributed by atoms with Gasteiger partial charge >= 0.3 is 11.9 Å². The first-order chi connectivity index (χ1) is 14.8. The average molecular weight is 487 g/mol. The van der Waals surface area contributed by atoms with Crippen molar-refractivity contribution in [2.75, 3.05) is 38.1 Å². The van der Waals surface area contributed by atoms with Crippen LogP contribution in [0.1, 0.15) is 39.4 Å². The topological polar surface area (TPSA) is 95.1 Å². The highest BCUT2D eigenvalue weighted by molar-refractivity contribution is 7.80. The van der Waals surface area contributed by atoms with Crippen LogP contribution in [0.15, 0.2) is 12.1 Å². The normalized spacial score (nSPS) is 10.3. The summed E-state index contributed by atoms with van der Waals surface area (Å²) < 4.78 is 20.8. The van der Waals surface area contributed by atoms with Crippen molar-refractivity contribution >= 4 is 62.9 Å². The highest BCUT2D eigenvalue weighted by Gasteiger charge is 2.27. The van der Waals surface area contributed by atoms with Gasteiger partial charge < -0.3 is 29.6 Å². The minimum absolute atomic E-state index is 0.154. The van der Waals surface area contributed by atoms with E-state index < -0.39 is 11.9 Å². The molecule has 0 aliphatic heterocycles. The third-order valence-electron chi connectivity index (χ3n) is 4.04. The summed E-state index contributed by atoms with van der Waals surface area (Å²) in [4.78, 5) is 25.1. The van der Waals surface area contributed by atoms with Gasteiger partial charge in [0.1, 0.15) is 21.4 Å². The van der Waals surface area contributed by atoms with Crippen molar-refractivity contribution in [2.45, 2.75) is 20.8 Å². The van der Waals surface area contributed by atoms with E-state index in [1.54, 1.807) is 32.9 Å². The maximum atomic E-state index is 12.5. The molecule has 11 heteroatoms. The Kier molecular flexibility index (Phi) is 8.90. The summed E-state index contributed by atoms with van der Waals surface area (Å²) >= 11 is 12.6. The molecule has 0 spiro atoms. The van der Waals surface area contributed by atoms with Crippen LogP contribution in [0.4, 0.5) is 10.7 Å². The number of benzene rings is 1. The summed E-state index contributed by atoms with van der Waals surface area (Å²) in [5, 5.41) is 6.80. The second-order valence-electron chi connectivity index (χ2n) is 5.97. The standard InChI is InChI=1S/C20H23ClN2O6S2/c1-6-28-18(24)15-10(3)16(19(25)29-7-2)31-17(15)23-20(30)22-12-8-11(21)13(26-4)9-14(12)27-5/h8-9H,6-7H2,1-5H3,(H2,22,23,30). The van der Waals surface area contributed by atoms with E-state index in [0.29, 0.717) is 37.7 Å². The van der Waals surface area contributed by atoms with Crippen LogP contribution in [0.2, 0.25) is 5.02 Å². The van der Waals surface area contributed by atoms with Crippen molar-refractivity contribution in [3.8, 4) is 11.5 Å². The molecule has 0 fully saturated rings.